The van der Waals surface area contributed by atoms with E-state index in [1.54, 1.807) is 11.8 Å². The highest BCUT2D eigenvalue weighted by atomic mass is 32.2. The summed E-state index contributed by atoms with van der Waals surface area (Å²) in [6.45, 7) is 10.1. The molecule has 1 aromatic carbocycles. The first-order valence-corrected chi connectivity index (χ1v) is 6.78. The van der Waals surface area contributed by atoms with Crippen molar-refractivity contribution in [1.82, 2.24) is 0 Å². The maximum Gasteiger partial charge on any atom is 0.195 e. The first-order valence-electron chi connectivity index (χ1n) is 5.80. The minimum Gasteiger partial charge on any atom is -0.288 e. The van der Waals surface area contributed by atoms with Crippen molar-refractivity contribution in [3.8, 4) is 0 Å². The van der Waals surface area contributed by atoms with Crippen LogP contribution in [0.1, 0.15) is 30.5 Å². The average molecular weight is 248 g/mol. The molecule has 2 heteroatoms. The second-order valence-corrected chi connectivity index (χ2v) is 5.68. The largest absolute Gasteiger partial charge is 0.288 e. The fraction of sp³-hybridized carbons (Fsp3) is 0.400. The van der Waals surface area contributed by atoms with Gasteiger partial charge in [-0.3, -0.25) is 4.79 Å². The van der Waals surface area contributed by atoms with Gasteiger partial charge in [-0.05, 0) is 45.7 Å². The van der Waals surface area contributed by atoms with Crippen molar-refractivity contribution in [2.45, 2.75) is 39.5 Å². The minimum atomic E-state index is 0.169. The second-order valence-electron chi connectivity index (χ2n) is 4.65. The van der Waals surface area contributed by atoms with Crippen LogP contribution in [0.15, 0.2) is 33.5 Å². The Bertz CT molecular complexity index is 497. The molecule has 0 spiro atoms. The van der Waals surface area contributed by atoms with Crippen LogP contribution < -0.4 is 5.43 Å². The molecule has 0 fully saturated rings. The van der Waals surface area contributed by atoms with E-state index in [0.29, 0.717) is 0 Å². The molecular formula is C15H20OS. The Morgan fingerprint density at radius 3 is 2.35 bits per heavy atom. The molecule has 0 saturated heterocycles. The lowest BCUT2D eigenvalue weighted by Crippen LogP contribution is -2.05. The number of hydrogen-bond donors (Lipinski definition) is 0. The van der Waals surface area contributed by atoms with Gasteiger partial charge in [-0.2, -0.15) is 0 Å². The van der Waals surface area contributed by atoms with Gasteiger partial charge in [0.05, 0.1) is 4.90 Å². The average Bonchev–Trinajstić information content (AvgIpc) is 2.29. The van der Waals surface area contributed by atoms with Crippen molar-refractivity contribution in [2.24, 2.45) is 0 Å². The second kappa shape index (κ2) is 6.06. The lowest BCUT2D eigenvalue weighted by atomic mass is 10.2. The van der Waals surface area contributed by atoms with E-state index in [-0.39, 0.29) is 5.43 Å². The summed E-state index contributed by atoms with van der Waals surface area (Å²) >= 11 is 1.63. The molecule has 1 aromatic rings. The summed E-state index contributed by atoms with van der Waals surface area (Å²) in [6.07, 6.45) is 2.15. The van der Waals surface area contributed by atoms with Crippen LogP contribution in [0.5, 0.6) is 0 Å². The Balaban J connectivity index is 3.16. The fourth-order valence-corrected chi connectivity index (χ4v) is 2.85. The zero-order valence-corrected chi connectivity index (χ0v) is 12.1. The third kappa shape index (κ3) is 4.04. The van der Waals surface area contributed by atoms with Crippen molar-refractivity contribution in [1.29, 1.82) is 0 Å². The first kappa shape index (κ1) is 14.0. The van der Waals surface area contributed by atoms with Gasteiger partial charge in [0, 0.05) is 5.75 Å². The summed E-state index contributed by atoms with van der Waals surface area (Å²) < 4.78 is 0. The molecule has 0 radical (unpaired) electrons. The molecule has 0 aliphatic carbocycles. The standard InChI is InChI=1S/C15H20OS/c1-10(2)6-7-17-15-13(5)9-11(3)8-12(4)14(15)16/h6,8-9H,7H2,1-5H3. The zero-order valence-electron chi connectivity index (χ0n) is 11.3. The van der Waals surface area contributed by atoms with Gasteiger partial charge in [0.2, 0.25) is 0 Å². The molecular weight excluding hydrogens is 228 g/mol. The van der Waals surface area contributed by atoms with Gasteiger partial charge in [0.15, 0.2) is 5.43 Å². The van der Waals surface area contributed by atoms with Crippen LogP contribution in [0.25, 0.3) is 0 Å². The van der Waals surface area contributed by atoms with Crippen molar-refractivity contribution < 1.29 is 0 Å². The predicted molar refractivity (Wildman–Crippen MR) is 77.1 cm³/mol. The molecule has 0 aliphatic rings. The maximum absolute atomic E-state index is 12.2. The third-order valence-corrected chi connectivity index (χ3v) is 3.66. The summed E-state index contributed by atoms with van der Waals surface area (Å²) in [6, 6.07) is 4.04. The Hall–Kier alpha value is -1.02. The molecule has 1 rings (SSSR count). The SMILES string of the molecule is CC(C)=CCSc1c(C)cc(C)cc(C)c1=O. The van der Waals surface area contributed by atoms with Crippen molar-refractivity contribution in [2.75, 3.05) is 5.75 Å². The van der Waals surface area contributed by atoms with Crippen LogP contribution in [0, 0.1) is 20.8 Å². The Morgan fingerprint density at radius 2 is 1.76 bits per heavy atom. The number of thioether (sulfide) groups is 1. The molecule has 0 saturated carbocycles. The number of aryl methyl sites for hydroxylation is 3. The lowest BCUT2D eigenvalue weighted by molar-refractivity contribution is 1.24. The number of rotatable bonds is 3. The smallest absolute Gasteiger partial charge is 0.195 e. The molecule has 0 N–H and O–H groups in total. The summed E-state index contributed by atoms with van der Waals surface area (Å²) in [5.74, 6) is 0.862. The lowest BCUT2D eigenvalue weighted by Gasteiger charge is -1.99. The molecule has 0 atom stereocenters. The van der Waals surface area contributed by atoms with Crippen LogP contribution in [-0.4, -0.2) is 5.75 Å². The van der Waals surface area contributed by atoms with E-state index in [1.165, 1.54) is 5.57 Å². The van der Waals surface area contributed by atoms with E-state index in [0.717, 1.165) is 27.3 Å². The minimum absolute atomic E-state index is 0.169. The zero-order chi connectivity index (χ0) is 13.0. The molecule has 0 aromatic heterocycles. The van der Waals surface area contributed by atoms with E-state index in [9.17, 15) is 4.79 Å². The van der Waals surface area contributed by atoms with Gasteiger partial charge >= 0.3 is 0 Å². The van der Waals surface area contributed by atoms with Gasteiger partial charge in [-0.25, -0.2) is 0 Å². The van der Waals surface area contributed by atoms with Crippen molar-refractivity contribution >= 4 is 11.8 Å². The van der Waals surface area contributed by atoms with Crippen LogP contribution in [0.2, 0.25) is 0 Å². The summed E-state index contributed by atoms with van der Waals surface area (Å²) in [4.78, 5) is 13.1. The van der Waals surface area contributed by atoms with E-state index in [4.69, 9.17) is 0 Å². The molecule has 0 aliphatic heterocycles. The Morgan fingerprint density at radius 1 is 1.18 bits per heavy atom. The third-order valence-electron chi connectivity index (χ3n) is 2.53. The van der Waals surface area contributed by atoms with Crippen LogP contribution >= 0.6 is 11.8 Å². The maximum atomic E-state index is 12.2. The van der Waals surface area contributed by atoms with Crippen molar-refractivity contribution in [3.05, 3.63) is 50.7 Å². The van der Waals surface area contributed by atoms with Gasteiger partial charge < -0.3 is 0 Å². The van der Waals surface area contributed by atoms with Gasteiger partial charge in [0.25, 0.3) is 0 Å². The fourth-order valence-electron chi connectivity index (χ4n) is 1.68. The Kier molecular flexibility index (Phi) is 5.01. The molecule has 1 nitrogen and oxygen atoms in total. The number of hydrogen-bond acceptors (Lipinski definition) is 2. The van der Waals surface area contributed by atoms with E-state index in [2.05, 4.69) is 26.0 Å². The van der Waals surface area contributed by atoms with Crippen LogP contribution in [0.3, 0.4) is 0 Å². The summed E-state index contributed by atoms with van der Waals surface area (Å²) in [7, 11) is 0. The van der Waals surface area contributed by atoms with Gasteiger partial charge in [-0.1, -0.05) is 29.3 Å². The predicted octanol–water partition coefficient (Wildman–Crippen LogP) is 4.03. The molecule has 0 heterocycles. The van der Waals surface area contributed by atoms with Crippen molar-refractivity contribution in [3.63, 3.8) is 0 Å². The molecule has 0 unspecified atom stereocenters. The van der Waals surface area contributed by atoms with Gasteiger partial charge in [-0.15, -0.1) is 11.8 Å². The highest BCUT2D eigenvalue weighted by Crippen LogP contribution is 2.19. The monoisotopic (exact) mass is 248 g/mol. The number of allylic oxidation sites excluding steroid dienone is 1. The molecule has 0 bridgehead atoms. The summed E-state index contributed by atoms with van der Waals surface area (Å²) in [5, 5.41) is 0. The molecule has 0 amide bonds. The quantitative estimate of drug-likeness (QED) is 0.593. The highest BCUT2D eigenvalue weighted by molar-refractivity contribution is 7.99. The molecule has 17 heavy (non-hydrogen) atoms. The normalized spacial score (nSPS) is 10.2. The van der Waals surface area contributed by atoms with Crippen LogP contribution in [-0.2, 0) is 0 Å². The summed E-state index contributed by atoms with van der Waals surface area (Å²) in [5.41, 5.74) is 4.51. The van der Waals surface area contributed by atoms with E-state index < -0.39 is 0 Å². The first-order chi connectivity index (χ1) is 7.91. The van der Waals surface area contributed by atoms with E-state index >= 15 is 0 Å². The van der Waals surface area contributed by atoms with Gasteiger partial charge in [0.1, 0.15) is 0 Å². The van der Waals surface area contributed by atoms with E-state index in [1.807, 2.05) is 26.8 Å². The topological polar surface area (TPSA) is 17.1 Å². The van der Waals surface area contributed by atoms with Crippen LogP contribution in [0.4, 0.5) is 0 Å². The highest BCUT2D eigenvalue weighted by Gasteiger charge is 2.05. The molecule has 92 valence electrons. The Labute approximate surface area is 108 Å².